The van der Waals surface area contributed by atoms with Crippen LogP contribution in [-0.2, 0) is 4.79 Å². The van der Waals surface area contributed by atoms with Crippen molar-refractivity contribution in [2.24, 2.45) is 0 Å². The number of methoxy groups -OCH3 is 1. The summed E-state index contributed by atoms with van der Waals surface area (Å²) in [6.07, 6.45) is 0. The van der Waals surface area contributed by atoms with Gasteiger partial charge in [0.2, 0.25) is 11.8 Å². The van der Waals surface area contributed by atoms with Crippen LogP contribution in [-0.4, -0.2) is 70.9 Å². The Bertz CT molecular complexity index is 1530. The number of ether oxygens (including phenoxy) is 1. The minimum Gasteiger partial charge on any atom is -0.496 e. The first kappa shape index (κ1) is 27.6. The number of nitrogens with zero attached hydrogens (tertiary/aromatic N) is 5. The highest BCUT2D eigenvalue weighted by molar-refractivity contribution is 7.99. The summed E-state index contributed by atoms with van der Waals surface area (Å²) in [6, 6.07) is 20.6. The third kappa shape index (κ3) is 6.64. The molecular weight excluding hydrogens is 548 g/mol. The molecule has 0 spiro atoms. The zero-order chi connectivity index (χ0) is 28.8. The topological polar surface area (TPSA) is 144 Å². The van der Waals surface area contributed by atoms with E-state index in [9.17, 15) is 19.7 Å². The number of carbonyl (C=O) groups is 2. The number of nitro groups is 1. The molecule has 2 heterocycles. The molecule has 1 aliphatic rings. The number of non-ortho nitro benzene ring substituents is 1. The van der Waals surface area contributed by atoms with Crippen LogP contribution in [0.25, 0.3) is 11.5 Å². The molecule has 1 saturated heterocycles. The molecule has 0 aliphatic carbocycles. The van der Waals surface area contributed by atoms with Crippen molar-refractivity contribution in [3.63, 3.8) is 0 Å². The lowest BCUT2D eigenvalue weighted by atomic mass is 10.1. The molecule has 0 unspecified atom stereocenters. The quantitative estimate of drug-likeness (QED) is 0.174. The molecule has 4 aromatic rings. The fourth-order valence-electron chi connectivity index (χ4n) is 4.35. The van der Waals surface area contributed by atoms with Gasteiger partial charge < -0.3 is 24.3 Å². The van der Waals surface area contributed by atoms with Gasteiger partial charge in [-0.15, -0.1) is 10.2 Å². The molecule has 1 N–H and O–H groups in total. The number of aromatic nitrogens is 2. The summed E-state index contributed by atoms with van der Waals surface area (Å²) in [4.78, 5) is 39.8. The Labute approximate surface area is 239 Å². The van der Waals surface area contributed by atoms with Crippen molar-refractivity contribution in [2.45, 2.75) is 5.22 Å². The van der Waals surface area contributed by atoms with Crippen LogP contribution in [0.3, 0.4) is 0 Å². The number of hydrogen-bond donors (Lipinski definition) is 1. The van der Waals surface area contributed by atoms with Crippen molar-refractivity contribution in [1.29, 1.82) is 0 Å². The third-order valence-electron chi connectivity index (χ3n) is 6.48. The van der Waals surface area contributed by atoms with E-state index in [-0.39, 0.29) is 34.4 Å². The summed E-state index contributed by atoms with van der Waals surface area (Å²) < 4.78 is 10.9. The zero-order valence-corrected chi connectivity index (χ0v) is 22.9. The van der Waals surface area contributed by atoms with Gasteiger partial charge in [-0.25, -0.2) is 0 Å². The van der Waals surface area contributed by atoms with E-state index in [0.717, 1.165) is 17.4 Å². The molecule has 12 nitrogen and oxygen atoms in total. The van der Waals surface area contributed by atoms with Gasteiger partial charge in [0.25, 0.3) is 16.8 Å². The first-order valence-corrected chi connectivity index (χ1v) is 13.7. The van der Waals surface area contributed by atoms with Crippen LogP contribution in [0.15, 0.2) is 82.4 Å². The maximum absolute atomic E-state index is 13.0. The monoisotopic (exact) mass is 574 g/mol. The number of carbonyl (C=O) groups excluding carboxylic acids is 2. The number of hydrogen-bond acceptors (Lipinski definition) is 10. The van der Waals surface area contributed by atoms with Crippen molar-refractivity contribution in [2.75, 3.05) is 49.3 Å². The lowest BCUT2D eigenvalue weighted by molar-refractivity contribution is -0.384. The standard InChI is InChI=1S/C28H26N6O6S/c1-39-24-5-3-2-4-23(24)27(36)33-16-14-32(15-17-33)21-12-8-20(9-13-21)29-25(35)18-41-28-31-30-26(40-28)19-6-10-22(11-7-19)34(37)38/h2-13H,14-18H2,1H3,(H,29,35). The molecule has 1 aliphatic heterocycles. The number of nitrogens with one attached hydrogen (secondary N) is 1. The maximum atomic E-state index is 13.0. The Kier molecular flexibility index (Phi) is 8.44. The van der Waals surface area contributed by atoms with Gasteiger partial charge in [-0.3, -0.25) is 19.7 Å². The van der Waals surface area contributed by atoms with Gasteiger partial charge in [-0.05, 0) is 48.5 Å². The summed E-state index contributed by atoms with van der Waals surface area (Å²) in [5.74, 6) is 0.567. The van der Waals surface area contributed by atoms with Crippen molar-refractivity contribution >= 4 is 40.6 Å². The highest BCUT2D eigenvalue weighted by Crippen LogP contribution is 2.26. The zero-order valence-electron chi connectivity index (χ0n) is 22.1. The van der Waals surface area contributed by atoms with E-state index in [1.165, 1.54) is 24.3 Å². The van der Waals surface area contributed by atoms with Gasteiger partial charge >= 0.3 is 0 Å². The molecule has 2 amide bonds. The summed E-state index contributed by atoms with van der Waals surface area (Å²) >= 11 is 1.09. The molecule has 1 fully saturated rings. The maximum Gasteiger partial charge on any atom is 0.277 e. The van der Waals surface area contributed by atoms with Crippen molar-refractivity contribution in [3.8, 4) is 17.2 Å². The van der Waals surface area contributed by atoms with Gasteiger partial charge in [0.05, 0.1) is 23.3 Å². The molecular formula is C28H26N6O6S. The number of anilines is 2. The SMILES string of the molecule is COc1ccccc1C(=O)N1CCN(c2ccc(NC(=O)CSc3nnc(-c4ccc([N+](=O)[O-])cc4)o3)cc2)CC1. The van der Waals surface area contributed by atoms with Gasteiger partial charge in [-0.2, -0.15) is 0 Å². The van der Waals surface area contributed by atoms with E-state index >= 15 is 0 Å². The summed E-state index contributed by atoms with van der Waals surface area (Å²) in [7, 11) is 1.56. The average molecular weight is 575 g/mol. The summed E-state index contributed by atoms with van der Waals surface area (Å²) in [5, 5.41) is 21.7. The molecule has 0 radical (unpaired) electrons. The molecule has 0 bridgehead atoms. The molecule has 3 aromatic carbocycles. The van der Waals surface area contributed by atoms with Crippen LogP contribution in [0.5, 0.6) is 5.75 Å². The molecule has 210 valence electrons. The van der Waals surface area contributed by atoms with Gasteiger partial charge in [-0.1, -0.05) is 23.9 Å². The van der Waals surface area contributed by atoms with E-state index in [1.807, 2.05) is 41.3 Å². The number of para-hydroxylation sites is 1. The highest BCUT2D eigenvalue weighted by Gasteiger charge is 2.24. The van der Waals surface area contributed by atoms with Crippen LogP contribution >= 0.6 is 11.8 Å². The lowest BCUT2D eigenvalue weighted by Gasteiger charge is -2.36. The Morgan fingerprint density at radius 3 is 2.39 bits per heavy atom. The van der Waals surface area contributed by atoms with Crippen molar-refractivity contribution in [3.05, 3.63) is 88.5 Å². The van der Waals surface area contributed by atoms with Gasteiger partial charge in [0, 0.05) is 55.2 Å². The second-order valence-electron chi connectivity index (χ2n) is 9.04. The molecule has 0 atom stereocenters. The first-order chi connectivity index (χ1) is 19.9. The fraction of sp³-hybridized carbons (Fsp3) is 0.214. The average Bonchev–Trinajstić information content (AvgIpc) is 3.49. The van der Waals surface area contributed by atoms with Crippen LogP contribution < -0.4 is 15.0 Å². The van der Waals surface area contributed by atoms with E-state index in [0.29, 0.717) is 48.7 Å². The largest absolute Gasteiger partial charge is 0.496 e. The van der Waals surface area contributed by atoms with Crippen LogP contribution in [0.1, 0.15) is 10.4 Å². The smallest absolute Gasteiger partial charge is 0.277 e. The molecule has 41 heavy (non-hydrogen) atoms. The van der Waals surface area contributed by atoms with E-state index in [2.05, 4.69) is 20.4 Å². The second kappa shape index (κ2) is 12.5. The highest BCUT2D eigenvalue weighted by atomic mass is 32.2. The van der Waals surface area contributed by atoms with E-state index < -0.39 is 4.92 Å². The predicted octanol–water partition coefficient (Wildman–Crippen LogP) is 4.35. The van der Waals surface area contributed by atoms with Crippen LogP contribution in [0, 0.1) is 10.1 Å². The Hall–Kier alpha value is -4.91. The Morgan fingerprint density at radius 2 is 1.71 bits per heavy atom. The Morgan fingerprint density at radius 1 is 1.00 bits per heavy atom. The summed E-state index contributed by atoms with van der Waals surface area (Å²) in [5.41, 5.74) is 2.73. The Balaban J connectivity index is 1.09. The number of thioether (sulfide) groups is 1. The number of amides is 2. The number of benzene rings is 3. The van der Waals surface area contributed by atoms with Gasteiger partial charge in [0.15, 0.2) is 0 Å². The summed E-state index contributed by atoms with van der Waals surface area (Å²) in [6.45, 7) is 2.56. The lowest BCUT2D eigenvalue weighted by Crippen LogP contribution is -2.48. The predicted molar refractivity (Wildman–Crippen MR) is 153 cm³/mol. The van der Waals surface area contributed by atoms with E-state index in [1.54, 1.807) is 19.2 Å². The van der Waals surface area contributed by atoms with E-state index in [4.69, 9.17) is 9.15 Å². The molecule has 0 saturated carbocycles. The fourth-order valence-corrected chi connectivity index (χ4v) is 4.91. The minimum absolute atomic E-state index is 0.0353. The first-order valence-electron chi connectivity index (χ1n) is 12.7. The van der Waals surface area contributed by atoms with Crippen molar-refractivity contribution in [1.82, 2.24) is 15.1 Å². The molecule has 1 aromatic heterocycles. The normalized spacial score (nSPS) is 13.1. The molecule has 5 rings (SSSR count). The van der Waals surface area contributed by atoms with Gasteiger partial charge in [0.1, 0.15) is 5.75 Å². The van der Waals surface area contributed by atoms with Crippen molar-refractivity contribution < 1.29 is 23.7 Å². The molecule has 13 heteroatoms. The van der Waals surface area contributed by atoms with Crippen LogP contribution in [0.4, 0.5) is 17.1 Å². The number of rotatable bonds is 9. The second-order valence-corrected chi connectivity index (χ2v) is 9.97. The third-order valence-corrected chi connectivity index (χ3v) is 7.30. The number of piperazine rings is 1. The minimum atomic E-state index is -0.486. The van der Waals surface area contributed by atoms with Crippen LogP contribution in [0.2, 0.25) is 0 Å². The number of nitro benzene ring substituents is 1.